The Hall–Kier alpha value is -1.28. The number of ether oxygens (including phenoxy) is 1. The molecule has 1 nitrogen and oxygen atoms in total. The molecule has 2 heteroatoms. The Morgan fingerprint density at radius 3 is 2.53 bits per heavy atom. The second-order valence-electron chi connectivity index (χ2n) is 4.98. The summed E-state index contributed by atoms with van der Waals surface area (Å²) >= 11 is 3.54. The van der Waals surface area contributed by atoms with E-state index in [-0.39, 0.29) is 0 Å². The van der Waals surface area contributed by atoms with Gasteiger partial charge in [0.05, 0.1) is 11.1 Å². The van der Waals surface area contributed by atoms with Crippen molar-refractivity contribution in [2.45, 2.75) is 25.2 Å². The molecule has 3 rings (SSSR count). The number of rotatable bonds is 4. The standard InChI is InChI=1S/C17H17BrO/c1-2-19-17-10-13(8-9-16(17)18)15-11-14(15)12-6-4-3-5-7-12/h3-10,14-15H,2,11H2,1H3. The topological polar surface area (TPSA) is 9.23 Å². The quantitative estimate of drug-likeness (QED) is 0.760. The molecule has 19 heavy (non-hydrogen) atoms. The first kappa shape index (κ1) is 12.7. The fourth-order valence-corrected chi connectivity index (χ4v) is 3.01. The molecular formula is C17H17BrO. The van der Waals surface area contributed by atoms with Crippen LogP contribution in [0.3, 0.4) is 0 Å². The normalized spacial score (nSPS) is 21.2. The van der Waals surface area contributed by atoms with E-state index in [9.17, 15) is 0 Å². The van der Waals surface area contributed by atoms with Gasteiger partial charge in [0.15, 0.2) is 0 Å². The summed E-state index contributed by atoms with van der Waals surface area (Å²) in [7, 11) is 0. The fourth-order valence-electron chi connectivity index (χ4n) is 2.65. The molecule has 0 saturated heterocycles. The molecule has 0 amide bonds. The molecule has 0 aromatic heterocycles. The summed E-state index contributed by atoms with van der Waals surface area (Å²) in [6, 6.07) is 17.3. The maximum Gasteiger partial charge on any atom is 0.133 e. The third kappa shape index (κ3) is 2.69. The van der Waals surface area contributed by atoms with Crippen LogP contribution in [0, 0.1) is 0 Å². The van der Waals surface area contributed by atoms with Crippen molar-refractivity contribution < 1.29 is 4.74 Å². The molecule has 2 unspecified atom stereocenters. The van der Waals surface area contributed by atoms with Crippen LogP contribution in [0.5, 0.6) is 5.75 Å². The van der Waals surface area contributed by atoms with Gasteiger partial charge in [0.25, 0.3) is 0 Å². The lowest BCUT2D eigenvalue weighted by Crippen LogP contribution is -1.94. The smallest absolute Gasteiger partial charge is 0.133 e. The Balaban J connectivity index is 1.80. The molecule has 0 N–H and O–H groups in total. The van der Waals surface area contributed by atoms with Crippen molar-refractivity contribution in [3.8, 4) is 5.75 Å². The molecule has 1 aliphatic carbocycles. The molecular weight excluding hydrogens is 300 g/mol. The first-order chi connectivity index (χ1) is 9.29. The van der Waals surface area contributed by atoms with Gasteiger partial charge in [0.1, 0.15) is 5.75 Å². The first-order valence-corrected chi connectivity index (χ1v) is 7.56. The molecule has 2 atom stereocenters. The highest BCUT2D eigenvalue weighted by molar-refractivity contribution is 9.10. The SMILES string of the molecule is CCOc1cc(C2CC2c2ccccc2)ccc1Br. The zero-order valence-electron chi connectivity index (χ0n) is 11.0. The van der Waals surface area contributed by atoms with E-state index in [1.807, 2.05) is 6.92 Å². The minimum Gasteiger partial charge on any atom is -0.493 e. The Morgan fingerprint density at radius 2 is 1.79 bits per heavy atom. The van der Waals surface area contributed by atoms with Crippen LogP contribution in [0.25, 0.3) is 0 Å². The van der Waals surface area contributed by atoms with Gasteiger partial charge in [-0.1, -0.05) is 36.4 Å². The van der Waals surface area contributed by atoms with Gasteiger partial charge in [-0.15, -0.1) is 0 Å². The van der Waals surface area contributed by atoms with Crippen LogP contribution < -0.4 is 4.74 Å². The Kier molecular flexibility index (Phi) is 3.61. The van der Waals surface area contributed by atoms with Crippen LogP contribution in [-0.2, 0) is 0 Å². The van der Waals surface area contributed by atoms with E-state index < -0.39 is 0 Å². The minimum absolute atomic E-state index is 0.648. The highest BCUT2D eigenvalue weighted by Crippen LogP contribution is 2.55. The van der Waals surface area contributed by atoms with Crippen LogP contribution in [0.2, 0.25) is 0 Å². The fraction of sp³-hybridized carbons (Fsp3) is 0.294. The van der Waals surface area contributed by atoms with Crippen LogP contribution in [-0.4, -0.2) is 6.61 Å². The Morgan fingerprint density at radius 1 is 1.05 bits per heavy atom. The van der Waals surface area contributed by atoms with Crippen molar-refractivity contribution in [3.63, 3.8) is 0 Å². The molecule has 2 aromatic carbocycles. The zero-order chi connectivity index (χ0) is 13.2. The van der Waals surface area contributed by atoms with Gasteiger partial charge in [0.2, 0.25) is 0 Å². The van der Waals surface area contributed by atoms with E-state index >= 15 is 0 Å². The molecule has 1 saturated carbocycles. The summed E-state index contributed by atoms with van der Waals surface area (Å²) in [6.45, 7) is 2.72. The van der Waals surface area contributed by atoms with Crippen LogP contribution in [0.15, 0.2) is 53.0 Å². The number of halogens is 1. The summed E-state index contributed by atoms with van der Waals surface area (Å²) in [5, 5.41) is 0. The molecule has 1 fully saturated rings. The van der Waals surface area contributed by atoms with Crippen molar-refractivity contribution in [1.82, 2.24) is 0 Å². The van der Waals surface area contributed by atoms with E-state index in [0.29, 0.717) is 18.4 Å². The predicted molar refractivity (Wildman–Crippen MR) is 81.9 cm³/mol. The minimum atomic E-state index is 0.648. The average molecular weight is 317 g/mol. The lowest BCUT2D eigenvalue weighted by Gasteiger charge is -2.08. The molecule has 0 radical (unpaired) electrons. The van der Waals surface area contributed by atoms with E-state index in [1.54, 1.807) is 0 Å². The van der Waals surface area contributed by atoms with Crippen molar-refractivity contribution in [2.75, 3.05) is 6.61 Å². The molecule has 0 aliphatic heterocycles. The molecule has 0 spiro atoms. The summed E-state index contributed by atoms with van der Waals surface area (Å²) in [5.41, 5.74) is 2.84. The maximum atomic E-state index is 5.65. The largest absolute Gasteiger partial charge is 0.493 e. The molecule has 0 heterocycles. The zero-order valence-corrected chi connectivity index (χ0v) is 12.6. The molecule has 98 valence electrons. The van der Waals surface area contributed by atoms with Crippen LogP contribution in [0.4, 0.5) is 0 Å². The number of hydrogen-bond acceptors (Lipinski definition) is 1. The number of benzene rings is 2. The van der Waals surface area contributed by atoms with Gasteiger partial charge < -0.3 is 4.74 Å². The van der Waals surface area contributed by atoms with E-state index in [1.165, 1.54) is 17.5 Å². The molecule has 0 bridgehead atoms. The average Bonchev–Trinajstić information content (AvgIpc) is 3.23. The third-order valence-electron chi connectivity index (χ3n) is 3.70. The van der Waals surface area contributed by atoms with E-state index in [0.717, 1.165) is 10.2 Å². The third-order valence-corrected chi connectivity index (χ3v) is 4.36. The lowest BCUT2D eigenvalue weighted by molar-refractivity contribution is 0.338. The van der Waals surface area contributed by atoms with Gasteiger partial charge >= 0.3 is 0 Å². The Labute approximate surface area is 122 Å². The van der Waals surface area contributed by atoms with Gasteiger partial charge in [0, 0.05) is 0 Å². The summed E-state index contributed by atoms with van der Waals surface area (Å²) in [6.07, 6.45) is 1.25. The summed E-state index contributed by atoms with van der Waals surface area (Å²) in [4.78, 5) is 0. The maximum absolute atomic E-state index is 5.65. The van der Waals surface area contributed by atoms with Crippen LogP contribution >= 0.6 is 15.9 Å². The highest BCUT2D eigenvalue weighted by atomic mass is 79.9. The highest BCUT2D eigenvalue weighted by Gasteiger charge is 2.39. The molecule has 1 aliphatic rings. The summed E-state index contributed by atoms with van der Waals surface area (Å²) in [5.74, 6) is 2.28. The monoisotopic (exact) mass is 316 g/mol. The second-order valence-corrected chi connectivity index (χ2v) is 5.84. The van der Waals surface area contributed by atoms with Gasteiger partial charge in [-0.25, -0.2) is 0 Å². The van der Waals surface area contributed by atoms with Crippen molar-refractivity contribution in [3.05, 3.63) is 64.1 Å². The van der Waals surface area contributed by atoms with E-state index in [4.69, 9.17) is 4.74 Å². The summed E-state index contributed by atoms with van der Waals surface area (Å²) < 4.78 is 6.69. The second kappa shape index (κ2) is 5.38. The van der Waals surface area contributed by atoms with Gasteiger partial charge in [-0.05, 0) is 64.4 Å². The lowest BCUT2D eigenvalue weighted by atomic mass is 10.0. The van der Waals surface area contributed by atoms with Crippen LogP contribution in [0.1, 0.15) is 36.3 Å². The van der Waals surface area contributed by atoms with E-state index in [2.05, 4.69) is 64.5 Å². The van der Waals surface area contributed by atoms with Crippen molar-refractivity contribution in [2.24, 2.45) is 0 Å². The Bertz CT molecular complexity index is 565. The predicted octanol–water partition coefficient (Wildman–Crippen LogP) is 5.12. The van der Waals surface area contributed by atoms with Gasteiger partial charge in [-0.3, -0.25) is 0 Å². The number of hydrogen-bond donors (Lipinski definition) is 0. The van der Waals surface area contributed by atoms with Crippen molar-refractivity contribution >= 4 is 15.9 Å². The van der Waals surface area contributed by atoms with Gasteiger partial charge in [-0.2, -0.15) is 0 Å². The van der Waals surface area contributed by atoms with Crippen molar-refractivity contribution in [1.29, 1.82) is 0 Å². The molecule has 2 aromatic rings. The first-order valence-electron chi connectivity index (χ1n) is 6.76.